The summed E-state index contributed by atoms with van der Waals surface area (Å²) in [5.41, 5.74) is 2.90. The van der Waals surface area contributed by atoms with Crippen LogP contribution in [0.3, 0.4) is 0 Å². The van der Waals surface area contributed by atoms with Crippen LogP contribution in [0, 0.1) is 0 Å². The average Bonchev–Trinajstić information content (AvgIpc) is 3.22. The number of nitrogens with one attached hydrogen (secondary N) is 1. The van der Waals surface area contributed by atoms with E-state index in [1.165, 1.54) is 0 Å². The zero-order valence-electron chi connectivity index (χ0n) is 15.7. The third-order valence-electron chi connectivity index (χ3n) is 4.37. The van der Waals surface area contributed by atoms with Crippen molar-refractivity contribution in [3.05, 3.63) is 60.4 Å². The number of pyridine rings is 1. The molecule has 3 aromatic rings. The molecule has 1 N–H and O–H groups in total. The van der Waals surface area contributed by atoms with Crippen LogP contribution < -0.4 is 9.64 Å². The molecule has 0 aliphatic heterocycles. The number of hydrogen-bond acceptors (Lipinski definition) is 5. The molecule has 0 atom stereocenters. The molecule has 0 aliphatic carbocycles. The van der Waals surface area contributed by atoms with E-state index in [9.17, 15) is 4.79 Å². The van der Waals surface area contributed by atoms with Crippen molar-refractivity contribution in [3.8, 4) is 17.1 Å². The minimum Gasteiger partial charge on any atom is -0.497 e. The van der Waals surface area contributed by atoms with Crippen molar-refractivity contribution in [1.82, 2.24) is 20.1 Å². The van der Waals surface area contributed by atoms with Gasteiger partial charge in [-0.05, 0) is 42.5 Å². The first-order valence-corrected chi connectivity index (χ1v) is 8.66. The Balaban J connectivity index is 1.58. The monoisotopic (exact) mass is 365 g/mol. The lowest BCUT2D eigenvalue weighted by Crippen LogP contribution is -2.35. The third-order valence-corrected chi connectivity index (χ3v) is 4.37. The van der Waals surface area contributed by atoms with Crippen molar-refractivity contribution in [3.63, 3.8) is 0 Å². The molecule has 0 aliphatic rings. The van der Waals surface area contributed by atoms with Crippen LogP contribution >= 0.6 is 0 Å². The number of aromatic amines is 1. The lowest BCUT2D eigenvalue weighted by molar-refractivity contribution is 0.0793. The maximum absolute atomic E-state index is 12.6. The van der Waals surface area contributed by atoms with Gasteiger partial charge in [-0.15, -0.1) is 0 Å². The minimum atomic E-state index is -0.104. The lowest BCUT2D eigenvalue weighted by atomic mass is 10.2. The van der Waals surface area contributed by atoms with Crippen LogP contribution in [0.1, 0.15) is 10.5 Å². The highest BCUT2D eigenvalue weighted by Gasteiger charge is 2.16. The summed E-state index contributed by atoms with van der Waals surface area (Å²) < 4.78 is 5.18. The molecule has 27 heavy (non-hydrogen) atoms. The van der Waals surface area contributed by atoms with Crippen molar-refractivity contribution in [2.45, 2.75) is 0 Å². The Morgan fingerprint density at radius 2 is 1.85 bits per heavy atom. The summed E-state index contributed by atoms with van der Waals surface area (Å²) in [6.07, 6.45) is 1.70. The number of carbonyl (C=O) groups is 1. The fraction of sp³-hybridized carbons (Fsp3) is 0.250. The van der Waals surface area contributed by atoms with Crippen LogP contribution in [-0.2, 0) is 0 Å². The highest BCUT2D eigenvalue weighted by Crippen LogP contribution is 2.18. The molecule has 0 spiro atoms. The Hall–Kier alpha value is -3.35. The summed E-state index contributed by atoms with van der Waals surface area (Å²) in [7, 11) is 5.43. The highest BCUT2D eigenvalue weighted by atomic mass is 16.5. The summed E-state index contributed by atoms with van der Waals surface area (Å²) in [4.78, 5) is 20.6. The molecular weight excluding hydrogens is 342 g/mol. The topological polar surface area (TPSA) is 74.3 Å². The number of benzene rings is 1. The number of anilines is 1. The second kappa shape index (κ2) is 8.35. The van der Waals surface area contributed by atoms with E-state index >= 15 is 0 Å². The van der Waals surface area contributed by atoms with Crippen LogP contribution in [-0.4, -0.2) is 60.3 Å². The van der Waals surface area contributed by atoms with Gasteiger partial charge in [0.25, 0.3) is 5.91 Å². The number of rotatable bonds is 7. The van der Waals surface area contributed by atoms with Gasteiger partial charge in [-0.25, -0.2) is 0 Å². The molecule has 7 heteroatoms. The quantitative estimate of drug-likeness (QED) is 0.697. The summed E-state index contributed by atoms with van der Waals surface area (Å²) >= 11 is 0. The van der Waals surface area contributed by atoms with Gasteiger partial charge in [-0.2, -0.15) is 5.10 Å². The summed E-state index contributed by atoms with van der Waals surface area (Å²) in [5.74, 6) is 0.718. The zero-order valence-corrected chi connectivity index (χ0v) is 15.7. The zero-order chi connectivity index (χ0) is 19.2. The Morgan fingerprint density at radius 1 is 1.07 bits per heavy atom. The van der Waals surface area contributed by atoms with Crippen LogP contribution in [0.25, 0.3) is 11.4 Å². The molecule has 140 valence electrons. The molecule has 3 rings (SSSR count). The second-order valence-electron chi connectivity index (χ2n) is 6.23. The Morgan fingerprint density at radius 3 is 2.52 bits per heavy atom. The second-order valence-corrected chi connectivity index (χ2v) is 6.23. The van der Waals surface area contributed by atoms with Gasteiger partial charge in [0.1, 0.15) is 17.1 Å². The van der Waals surface area contributed by atoms with E-state index in [0.29, 0.717) is 24.5 Å². The van der Waals surface area contributed by atoms with E-state index in [4.69, 9.17) is 4.74 Å². The van der Waals surface area contributed by atoms with Crippen LogP contribution in [0.2, 0.25) is 0 Å². The first-order chi connectivity index (χ1) is 13.1. The molecule has 0 saturated heterocycles. The average molecular weight is 365 g/mol. The van der Waals surface area contributed by atoms with Gasteiger partial charge in [0.05, 0.1) is 12.8 Å². The van der Waals surface area contributed by atoms with Crippen LogP contribution in [0.5, 0.6) is 5.75 Å². The third kappa shape index (κ3) is 4.44. The Kier molecular flexibility index (Phi) is 5.71. The molecule has 1 aromatic carbocycles. The molecule has 0 unspecified atom stereocenters. The number of methoxy groups -OCH3 is 1. The molecule has 2 heterocycles. The first kappa shape index (κ1) is 18.4. The van der Waals surface area contributed by atoms with Gasteiger partial charge in [0.15, 0.2) is 0 Å². The molecule has 0 fully saturated rings. The van der Waals surface area contributed by atoms with Crippen molar-refractivity contribution in [2.24, 2.45) is 0 Å². The number of amides is 1. The first-order valence-electron chi connectivity index (χ1n) is 8.66. The van der Waals surface area contributed by atoms with E-state index in [1.54, 1.807) is 31.3 Å². The van der Waals surface area contributed by atoms with Gasteiger partial charge >= 0.3 is 0 Å². The maximum Gasteiger partial charge on any atom is 0.271 e. The van der Waals surface area contributed by atoms with Gasteiger partial charge in [-0.1, -0.05) is 6.07 Å². The van der Waals surface area contributed by atoms with Gasteiger partial charge in [0, 0.05) is 39.1 Å². The van der Waals surface area contributed by atoms with Crippen LogP contribution in [0.15, 0.2) is 54.7 Å². The van der Waals surface area contributed by atoms with E-state index in [2.05, 4.69) is 20.1 Å². The summed E-state index contributed by atoms with van der Waals surface area (Å²) in [5, 5.41) is 7.00. The summed E-state index contributed by atoms with van der Waals surface area (Å²) in [6, 6.07) is 15.2. The molecule has 1 amide bonds. The standard InChI is InChI=1S/C20H23N5O2/c1-24(15-7-9-16(27-3)10-8-15)12-13-25(2)20(26)19-14-18(22-23-19)17-6-4-5-11-21-17/h4-11,14H,12-13H2,1-3H3,(H,22,23). The van der Waals surface area contributed by atoms with Gasteiger partial charge in [0.2, 0.25) is 0 Å². The van der Waals surface area contributed by atoms with E-state index in [-0.39, 0.29) is 5.91 Å². The predicted octanol–water partition coefficient (Wildman–Crippen LogP) is 2.69. The van der Waals surface area contributed by atoms with Crippen molar-refractivity contribution in [2.75, 3.05) is 39.2 Å². The minimum absolute atomic E-state index is 0.104. The lowest BCUT2D eigenvalue weighted by Gasteiger charge is -2.23. The number of aromatic nitrogens is 3. The fourth-order valence-corrected chi connectivity index (χ4v) is 2.65. The van der Waals surface area contributed by atoms with Gasteiger partial charge < -0.3 is 14.5 Å². The largest absolute Gasteiger partial charge is 0.497 e. The Labute approximate surface area is 158 Å². The number of hydrogen-bond donors (Lipinski definition) is 1. The van der Waals surface area contributed by atoms with Crippen molar-refractivity contribution < 1.29 is 9.53 Å². The number of H-pyrrole nitrogens is 1. The number of ether oxygens (including phenoxy) is 1. The number of carbonyl (C=O) groups excluding carboxylic acids is 1. The number of nitrogens with zero attached hydrogens (tertiary/aromatic N) is 4. The molecule has 0 bridgehead atoms. The normalized spacial score (nSPS) is 10.5. The van der Waals surface area contributed by atoms with Crippen molar-refractivity contribution in [1.29, 1.82) is 0 Å². The van der Waals surface area contributed by atoms with Crippen molar-refractivity contribution >= 4 is 11.6 Å². The fourth-order valence-electron chi connectivity index (χ4n) is 2.65. The maximum atomic E-state index is 12.6. The molecule has 0 saturated carbocycles. The van der Waals surface area contributed by atoms with Crippen LogP contribution in [0.4, 0.5) is 5.69 Å². The van der Waals surface area contributed by atoms with E-state index in [0.717, 1.165) is 17.1 Å². The van der Waals surface area contributed by atoms with E-state index in [1.807, 2.05) is 49.5 Å². The Bertz CT molecular complexity index is 877. The smallest absolute Gasteiger partial charge is 0.271 e. The molecule has 0 radical (unpaired) electrons. The molecule has 2 aromatic heterocycles. The van der Waals surface area contributed by atoms with E-state index < -0.39 is 0 Å². The highest BCUT2D eigenvalue weighted by molar-refractivity contribution is 5.93. The SMILES string of the molecule is COc1ccc(N(C)CCN(C)C(=O)c2cc(-c3ccccn3)n[nH]2)cc1. The number of likely N-dealkylation sites (N-methyl/N-ethyl adjacent to an activating group) is 2. The molecular formula is C20H23N5O2. The predicted molar refractivity (Wildman–Crippen MR) is 105 cm³/mol. The van der Waals surface area contributed by atoms with Gasteiger partial charge in [-0.3, -0.25) is 14.9 Å². The summed E-state index contributed by atoms with van der Waals surface area (Å²) in [6.45, 7) is 1.29. The molecule has 7 nitrogen and oxygen atoms in total.